The number of nitrogens with one attached hydrogen (secondary N) is 2. The van der Waals surface area contributed by atoms with Crippen molar-refractivity contribution in [3.05, 3.63) is 35.9 Å². The van der Waals surface area contributed by atoms with Crippen LogP contribution >= 0.6 is 0 Å². The molecule has 0 saturated carbocycles. The molecule has 0 saturated heterocycles. The van der Waals surface area contributed by atoms with Crippen LogP contribution in [0.2, 0.25) is 0 Å². The van der Waals surface area contributed by atoms with E-state index in [0.717, 1.165) is 12.0 Å². The van der Waals surface area contributed by atoms with Crippen LogP contribution in [0.5, 0.6) is 0 Å². The molecular formula is C16H25N3O2. The van der Waals surface area contributed by atoms with Gasteiger partial charge in [0, 0.05) is 6.54 Å². The summed E-state index contributed by atoms with van der Waals surface area (Å²) in [7, 11) is 1.79. The highest BCUT2D eigenvalue weighted by Gasteiger charge is 2.26. The summed E-state index contributed by atoms with van der Waals surface area (Å²) >= 11 is 0. The van der Waals surface area contributed by atoms with Gasteiger partial charge in [-0.3, -0.25) is 9.59 Å². The molecule has 2 N–H and O–H groups in total. The van der Waals surface area contributed by atoms with Gasteiger partial charge in [-0.05, 0) is 32.4 Å². The van der Waals surface area contributed by atoms with E-state index in [2.05, 4.69) is 10.6 Å². The largest absolute Gasteiger partial charge is 0.339 e. The van der Waals surface area contributed by atoms with E-state index in [-0.39, 0.29) is 18.1 Å². The van der Waals surface area contributed by atoms with Gasteiger partial charge in [0.05, 0.1) is 6.04 Å². The smallest absolute Gasteiger partial charge is 0.241 e. The Morgan fingerprint density at radius 3 is 2.52 bits per heavy atom. The summed E-state index contributed by atoms with van der Waals surface area (Å²) in [5.74, 6) is 0.00468. The Kier molecular flexibility index (Phi) is 7.46. The number of hydrogen-bond acceptors (Lipinski definition) is 3. The van der Waals surface area contributed by atoms with Crippen molar-refractivity contribution in [2.24, 2.45) is 0 Å². The molecule has 0 radical (unpaired) electrons. The molecule has 5 heteroatoms. The molecule has 1 aromatic rings. The SMILES string of the molecule is CCCN(C(=O)[C@H](Cc1ccccc1)NC)C(C)NC=O. The second-order valence-electron chi connectivity index (χ2n) is 5.02. The summed E-state index contributed by atoms with van der Waals surface area (Å²) in [6.45, 7) is 4.45. The summed E-state index contributed by atoms with van der Waals surface area (Å²) in [6.07, 6.45) is 1.80. The lowest BCUT2D eigenvalue weighted by Gasteiger charge is -2.31. The zero-order valence-corrected chi connectivity index (χ0v) is 13.0. The summed E-state index contributed by atoms with van der Waals surface area (Å²) in [5, 5.41) is 5.73. The first-order valence-corrected chi connectivity index (χ1v) is 7.35. The van der Waals surface area contributed by atoms with Gasteiger partial charge >= 0.3 is 0 Å². The molecule has 116 valence electrons. The van der Waals surface area contributed by atoms with E-state index >= 15 is 0 Å². The predicted octanol–water partition coefficient (Wildman–Crippen LogP) is 1.15. The first-order valence-electron chi connectivity index (χ1n) is 7.35. The van der Waals surface area contributed by atoms with Gasteiger partial charge in [0.2, 0.25) is 12.3 Å². The maximum atomic E-state index is 12.7. The molecule has 1 aromatic carbocycles. The fourth-order valence-electron chi connectivity index (χ4n) is 2.29. The van der Waals surface area contributed by atoms with Crippen molar-refractivity contribution >= 4 is 12.3 Å². The first kappa shape index (κ1) is 17.2. The highest BCUT2D eigenvalue weighted by molar-refractivity contribution is 5.82. The van der Waals surface area contributed by atoms with Gasteiger partial charge in [-0.1, -0.05) is 37.3 Å². The van der Waals surface area contributed by atoms with E-state index < -0.39 is 0 Å². The third-order valence-corrected chi connectivity index (χ3v) is 3.45. The van der Waals surface area contributed by atoms with Crippen molar-refractivity contribution < 1.29 is 9.59 Å². The second-order valence-corrected chi connectivity index (χ2v) is 5.02. The van der Waals surface area contributed by atoms with E-state index in [1.807, 2.05) is 44.2 Å². The number of carbonyl (C=O) groups is 2. The van der Waals surface area contributed by atoms with Crippen LogP contribution in [0, 0.1) is 0 Å². The van der Waals surface area contributed by atoms with Crippen LogP contribution in [0.1, 0.15) is 25.8 Å². The van der Waals surface area contributed by atoms with Crippen molar-refractivity contribution in [2.45, 2.75) is 38.9 Å². The lowest BCUT2D eigenvalue weighted by atomic mass is 10.0. The van der Waals surface area contributed by atoms with E-state index in [0.29, 0.717) is 19.4 Å². The van der Waals surface area contributed by atoms with Crippen LogP contribution in [0.4, 0.5) is 0 Å². The van der Waals surface area contributed by atoms with Crippen LogP contribution in [-0.4, -0.2) is 43.0 Å². The molecule has 0 fully saturated rings. The Morgan fingerprint density at radius 2 is 2.00 bits per heavy atom. The lowest BCUT2D eigenvalue weighted by molar-refractivity contribution is -0.136. The van der Waals surface area contributed by atoms with Crippen LogP contribution in [-0.2, 0) is 16.0 Å². The Hall–Kier alpha value is -1.88. The first-order chi connectivity index (χ1) is 10.1. The molecule has 2 amide bonds. The number of likely N-dealkylation sites (N-methyl/N-ethyl adjacent to an activating group) is 1. The van der Waals surface area contributed by atoms with E-state index in [1.54, 1.807) is 11.9 Å². The van der Waals surface area contributed by atoms with Gasteiger partial charge in [0.25, 0.3) is 0 Å². The van der Waals surface area contributed by atoms with Gasteiger partial charge in [-0.15, -0.1) is 0 Å². The molecule has 1 unspecified atom stereocenters. The van der Waals surface area contributed by atoms with Crippen molar-refractivity contribution in [1.82, 2.24) is 15.5 Å². The summed E-state index contributed by atoms with van der Waals surface area (Å²) < 4.78 is 0. The van der Waals surface area contributed by atoms with Crippen LogP contribution in [0.3, 0.4) is 0 Å². The lowest BCUT2D eigenvalue weighted by Crippen LogP contribution is -2.54. The van der Waals surface area contributed by atoms with E-state index in [1.165, 1.54) is 0 Å². The Balaban J connectivity index is 2.80. The Labute approximate surface area is 126 Å². The summed E-state index contributed by atoms with van der Waals surface area (Å²) in [4.78, 5) is 25.0. The maximum absolute atomic E-state index is 12.7. The fourth-order valence-corrected chi connectivity index (χ4v) is 2.29. The molecule has 1 rings (SSSR count). The van der Waals surface area contributed by atoms with Crippen LogP contribution in [0.15, 0.2) is 30.3 Å². The van der Waals surface area contributed by atoms with Gasteiger partial charge < -0.3 is 15.5 Å². The molecular weight excluding hydrogens is 266 g/mol. The van der Waals surface area contributed by atoms with Crippen molar-refractivity contribution in [3.8, 4) is 0 Å². The van der Waals surface area contributed by atoms with E-state index in [4.69, 9.17) is 0 Å². The number of carbonyl (C=O) groups excluding carboxylic acids is 2. The number of benzene rings is 1. The molecule has 0 aliphatic rings. The van der Waals surface area contributed by atoms with Crippen LogP contribution < -0.4 is 10.6 Å². The van der Waals surface area contributed by atoms with Crippen LogP contribution in [0.25, 0.3) is 0 Å². The highest BCUT2D eigenvalue weighted by atomic mass is 16.2. The monoisotopic (exact) mass is 291 g/mol. The number of amides is 2. The second kappa shape index (κ2) is 9.13. The number of rotatable bonds is 9. The minimum absolute atomic E-state index is 0.00468. The minimum atomic E-state index is -0.304. The maximum Gasteiger partial charge on any atom is 0.241 e. The third-order valence-electron chi connectivity index (χ3n) is 3.45. The van der Waals surface area contributed by atoms with Crippen molar-refractivity contribution in [1.29, 1.82) is 0 Å². The van der Waals surface area contributed by atoms with Gasteiger partial charge in [-0.25, -0.2) is 0 Å². The Bertz CT molecular complexity index is 436. The zero-order chi connectivity index (χ0) is 15.7. The molecule has 0 aliphatic carbocycles. The molecule has 5 nitrogen and oxygen atoms in total. The standard InChI is InChI=1S/C16H25N3O2/c1-4-10-19(13(2)18-12-20)16(21)15(17-3)11-14-8-6-5-7-9-14/h5-9,12-13,15,17H,4,10-11H2,1-3H3,(H,18,20)/t13?,15-/m0/s1. The van der Waals surface area contributed by atoms with Crippen molar-refractivity contribution in [3.63, 3.8) is 0 Å². The van der Waals surface area contributed by atoms with Crippen molar-refractivity contribution in [2.75, 3.05) is 13.6 Å². The third kappa shape index (κ3) is 5.19. The molecule has 2 atom stereocenters. The number of nitrogens with zero attached hydrogens (tertiary/aromatic N) is 1. The fraction of sp³-hybridized carbons (Fsp3) is 0.500. The summed E-state index contributed by atoms with van der Waals surface area (Å²) in [6, 6.07) is 9.61. The van der Waals surface area contributed by atoms with Gasteiger partial charge in [0.15, 0.2) is 0 Å². The highest BCUT2D eigenvalue weighted by Crippen LogP contribution is 2.08. The molecule has 21 heavy (non-hydrogen) atoms. The average Bonchev–Trinajstić information content (AvgIpc) is 2.50. The molecule has 0 bridgehead atoms. The Morgan fingerprint density at radius 1 is 1.33 bits per heavy atom. The normalized spacial score (nSPS) is 13.3. The zero-order valence-electron chi connectivity index (χ0n) is 13.0. The average molecular weight is 291 g/mol. The summed E-state index contributed by atoms with van der Waals surface area (Å²) in [5.41, 5.74) is 1.11. The molecule has 0 spiro atoms. The molecule has 0 heterocycles. The molecule has 0 aliphatic heterocycles. The minimum Gasteiger partial charge on any atom is -0.339 e. The van der Waals surface area contributed by atoms with Gasteiger partial charge in [-0.2, -0.15) is 0 Å². The predicted molar refractivity (Wildman–Crippen MR) is 83.7 cm³/mol. The van der Waals surface area contributed by atoms with E-state index in [9.17, 15) is 9.59 Å². The topological polar surface area (TPSA) is 61.4 Å². The molecule has 0 aromatic heterocycles. The quantitative estimate of drug-likeness (QED) is 0.530. The van der Waals surface area contributed by atoms with Gasteiger partial charge in [0.1, 0.15) is 6.17 Å². The number of hydrogen-bond donors (Lipinski definition) is 2.